The molecule has 1 amide bonds. The fourth-order valence-corrected chi connectivity index (χ4v) is 6.94. The average molecular weight is 704 g/mol. The summed E-state index contributed by atoms with van der Waals surface area (Å²) >= 11 is 0. The molecule has 0 heterocycles. The van der Waals surface area contributed by atoms with E-state index in [-0.39, 0.29) is 12.5 Å². The van der Waals surface area contributed by atoms with Crippen LogP contribution in [0, 0.1) is 0 Å². The molecular formula is C46H89NO3. The van der Waals surface area contributed by atoms with Crippen molar-refractivity contribution in [3.05, 3.63) is 24.3 Å². The van der Waals surface area contributed by atoms with Crippen LogP contribution in [0.15, 0.2) is 24.3 Å². The van der Waals surface area contributed by atoms with Crippen LogP contribution in [-0.2, 0) is 4.79 Å². The molecule has 2 atom stereocenters. The number of nitrogens with one attached hydrogen (secondary N) is 1. The van der Waals surface area contributed by atoms with Crippen LogP contribution in [0.1, 0.15) is 245 Å². The minimum atomic E-state index is -0.838. The van der Waals surface area contributed by atoms with E-state index < -0.39 is 12.1 Å². The van der Waals surface area contributed by atoms with Gasteiger partial charge in [0.2, 0.25) is 5.91 Å². The van der Waals surface area contributed by atoms with Crippen LogP contribution in [0.2, 0.25) is 0 Å². The Balaban J connectivity index is 3.55. The van der Waals surface area contributed by atoms with Crippen LogP contribution in [0.25, 0.3) is 0 Å². The maximum Gasteiger partial charge on any atom is 0.220 e. The lowest BCUT2D eigenvalue weighted by atomic mass is 10.0. The second-order valence-electron chi connectivity index (χ2n) is 15.5. The Bertz CT molecular complexity index is 720. The normalized spacial score (nSPS) is 13.1. The van der Waals surface area contributed by atoms with Crippen molar-refractivity contribution in [1.82, 2.24) is 5.32 Å². The van der Waals surface area contributed by atoms with E-state index in [0.29, 0.717) is 6.42 Å². The molecule has 0 radical (unpaired) electrons. The molecular weight excluding hydrogens is 615 g/mol. The van der Waals surface area contributed by atoms with Crippen molar-refractivity contribution in [2.24, 2.45) is 0 Å². The lowest BCUT2D eigenvalue weighted by Gasteiger charge is -2.20. The predicted octanol–water partition coefficient (Wildman–Crippen LogP) is 14.0. The molecule has 0 aromatic carbocycles. The van der Waals surface area contributed by atoms with Gasteiger partial charge in [-0.2, -0.15) is 0 Å². The fourth-order valence-electron chi connectivity index (χ4n) is 6.94. The summed E-state index contributed by atoms with van der Waals surface area (Å²) in [6.45, 7) is 4.32. The lowest BCUT2D eigenvalue weighted by molar-refractivity contribution is -0.123. The highest BCUT2D eigenvalue weighted by atomic mass is 16.3. The molecule has 296 valence electrons. The Labute approximate surface area is 313 Å². The van der Waals surface area contributed by atoms with Gasteiger partial charge in [-0.25, -0.2) is 0 Å². The number of rotatable bonds is 41. The zero-order valence-electron chi connectivity index (χ0n) is 33.9. The number of unbranched alkanes of at least 4 members (excludes halogenated alkanes) is 32. The summed E-state index contributed by atoms with van der Waals surface area (Å²) < 4.78 is 0. The molecule has 4 nitrogen and oxygen atoms in total. The number of hydrogen-bond acceptors (Lipinski definition) is 3. The Morgan fingerprint density at radius 1 is 0.460 bits per heavy atom. The first-order chi connectivity index (χ1) is 24.7. The van der Waals surface area contributed by atoms with E-state index in [2.05, 4.69) is 31.3 Å². The first-order valence-corrected chi connectivity index (χ1v) is 22.6. The molecule has 50 heavy (non-hydrogen) atoms. The highest BCUT2D eigenvalue weighted by Gasteiger charge is 2.17. The molecule has 0 saturated carbocycles. The Kier molecular flexibility index (Phi) is 41.3. The molecule has 3 N–H and O–H groups in total. The Morgan fingerprint density at radius 2 is 0.760 bits per heavy atom. The molecule has 0 aliphatic heterocycles. The van der Waals surface area contributed by atoms with Crippen LogP contribution in [0.3, 0.4) is 0 Å². The monoisotopic (exact) mass is 704 g/mol. The van der Waals surface area contributed by atoms with Crippen LogP contribution in [0.4, 0.5) is 0 Å². The van der Waals surface area contributed by atoms with Gasteiger partial charge in [0.1, 0.15) is 0 Å². The Morgan fingerprint density at radius 3 is 1.10 bits per heavy atom. The van der Waals surface area contributed by atoms with Gasteiger partial charge in [0, 0.05) is 6.42 Å². The number of amides is 1. The number of hydrogen-bond donors (Lipinski definition) is 3. The summed E-state index contributed by atoms with van der Waals surface area (Å²) in [5.41, 5.74) is 0. The zero-order chi connectivity index (χ0) is 36.4. The molecule has 4 heteroatoms. The molecule has 0 aromatic heterocycles. The Hall–Kier alpha value is -1.13. The second kappa shape index (κ2) is 42.3. The van der Waals surface area contributed by atoms with E-state index in [1.54, 1.807) is 6.08 Å². The summed E-state index contributed by atoms with van der Waals surface area (Å²) in [5, 5.41) is 23.0. The van der Waals surface area contributed by atoms with Gasteiger partial charge in [-0.05, 0) is 44.9 Å². The third-order valence-electron chi connectivity index (χ3n) is 10.4. The average Bonchev–Trinajstić information content (AvgIpc) is 3.12. The predicted molar refractivity (Wildman–Crippen MR) is 221 cm³/mol. The van der Waals surface area contributed by atoms with E-state index in [0.717, 1.165) is 25.7 Å². The van der Waals surface area contributed by atoms with E-state index >= 15 is 0 Å². The van der Waals surface area contributed by atoms with Crippen molar-refractivity contribution in [2.45, 2.75) is 257 Å². The molecule has 0 spiro atoms. The van der Waals surface area contributed by atoms with Crippen LogP contribution in [0.5, 0.6) is 0 Å². The number of aliphatic hydroxyl groups excluding tert-OH is 2. The van der Waals surface area contributed by atoms with Crippen LogP contribution < -0.4 is 5.32 Å². The molecule has 0 fully saturated rings. The quantitative estimate of drug-likeness (QED) is 0.0438. The molecule has 0 aromatic rings. The van der Waals surface area contributed by atoms with E-state index in [1.807, 2.05) is 6.08 Å². The maximum absolute atomic E-state index is 12.4. The van der Waals surface area contributed by atoms with Gasteiger partial charge in [0.05, 0.1) is 18.8 Å². The standard InChI is InChI=1S/C46H89NO3/c1-3-5-7-9-11-13-15-17-19-21-22-23-24-26-28-30-32-34-36-38-40-42-46(50)47-44(43-48)45(49)41-39-37-35-33-31-29-27-25-20-18-16-14-12-10-8-6-4-2/h23-24,39,41,44-45,48-49H,3-22,25-38,40,42-43H2,1-2H3,(H,47,50)/b24-23-,41-39+. The smallest absolute Gasteiger partial charge is 0.220 e. The van der Waals surface area contributed by atoms with Crippen molar-refractivity contribution in [1.29, 1.82) is 0 Å². The first kappa shape index (κ1) is 48.9. The first-order valence-electron chi connectivity index (χ1n) is 22.6. The van der Waals surface area contributed by atoms with E-state index in [9.17, 15) is 15.0 Å². The highest BCUT2D eigenvalue weighted by Crippen LogP contribution is 2.15. The van der Waals surface area contributed by atoms with Gasteiger partial charge in [-0.1, -0.05) is 218 Å². The summed E-state index contributed by atoms with van der Waals surface area (Å²) in [4.78, 5) is 12.4. The molecule has 2 unspecified atom stereocenters. The highest BCUT2D eigenvalue weighted by molar-refractivity contribution is 5.76. The van der Waals surface area contributed by atoms with Gasteiger partial charge >= 0.3 is 0 Å². The largest absolute Gasteiger partial charge is 0.394 e. The van der Waals surface area contributed by atoms with Crippen molar-refractivity contribution in [3.8, 4) is 0 Å². The van der Waals surface area contributed by atoms with Gasteiger partial charge < -0.3 is 15.5 Å². The van der Waals surface area contributed by atoms with E-state index in [4.69, 9.17) is 0 Å². The molecule has 0 saturated heterocycles. The fraction of sp³-hybridized carbons (Fsp3) is 0.891. The van der Waals surface area contributed by atoms with Crippen molar-refractivity contribution in [3.63, 3.8) is 0 Å². The van der Waals surface area contributed by atoms with Crippen molar-refractivity contribution in [2.75, 3.05) is 6.61 Å². The molecule has 0 aliphatic carbocycles. The summed E-state index contributed by atoms with van der Waals surface area (Å²) in [5.74, 6) is -0.0662. The maximum atomic E-state index is 12.4. The number of allylic oxidation sites excluding steroid dienone is 3. The minimum absolute atomic E-state index is 0.0662. The van der Waals surface area contributed by atoms with Crippen LogP contribution >= 0.6 is 0 Å². The van der Waals surface area contributed by atoms with Gasteiger partial charge in [-0.3, -0.25) is 4.79 Å². The number of aliphatic hydroxyl groups is 2. The topological polar surface area (TPSA) is 69.6 Å². The molecule has 0 aliphatic rings. The van der Waals surface area contributed by atoms with Gasteiger partial charge in [0.25, 0.3) is 0 Å². The summed E-state index contributed by atoms with van der Waals surface area (Å²) in [7, 11) is 0. The zero-order valence-corrected chi connectivity index (χ0v) is 33.9. The molecule has 0 rings (SSSR count). The summed E-state index contributed by atoms with van der Waals surface area (Å²) in [6, 6.07) is -0.622. The summed E-state index contributed by atoms with van der Waals surface area (Å²) in [6.07, 6.45) is 54.3. The van der Waals surface area contributed by atoms with Crippen molar-refractivity contribution >= 4 is 5.91 Å². The van der Waals surface area contributed by atoms with Gasteiger partial charge in [0.15, 0.2) is 0 Å². The minimum Gasteiger partial charge on any atom is -0.394 e. The number of carbonyl (C=O) groups excluding carboxylic acids is 1. The number of carbonyl (C=O) groups is 1. The van der Waals surface area contributed by atoms with Gasteiger partial charge in [-0.15, -0.1) is 0 Å². The van der Waals surface area contributed by atoms with Crippen molar-refractivity contribution < 1.29 is 15.0 Å². The second-order valence-corrected chi connectivity index (χ2v) is 15.5. The SMILES string of the molecule is CCCCCCCCCCCC/C=C\CCCCCCCCCC(=O)NC(CO)C(O)/C=C/CCCCCCCCCCCCCCCCC. The van der Waals surface area contributed by atoms with E-state index in [1.165, 1.54) is 199 Å². The third kappa shape index (κ3) is 38.1. The lowest BCUT2D eigenvalue weighted by Crippen LogP contribution is -2.45. The third-order valence-corrected chi connectivity index (χ3v) is 10.4. The van der Waals surface area contributed by atoms with Crippen LogP contribution in [-0.4, -0.2) is 34.9 Å². The molecule has 0 bridgehead atoms.